The van der Waals surface area contributed by atoms with Gasteiger partial charge in [-0.15, -0.1) is 6.58 Å². The number of unbranched alkanes of at least 4 members (excludes halogenated alkanes) is 2. The van der Waals surface area contributed by atoms with Crippen LogP contribution in [0, 0.1) is 0 Å². The Labute approximate surface area is 113 Å². The second-order valence-electron chi connectivity index (χ2n) is 4.50. The van der Waals surface area contributed by atoms with E-state index in [0.29, 0.717) is 6.42 Å². The van der Waals surface area contributed by atoms with Gasteiger partial charge in [-0.25, -0.2) is 0 Å². The first-order valence-electron chi connectivity index (χ1n) is 6.55. The van der Waals surface area contributed by atoms with Crippen molar-refractivity contribution in [3.63, 3.8) is 0 Å². The first kappa shape index (κ1) is 13.3. The number of pyridine rings is 1. The highest BCUT2D eigenvalue weighted by Crippen LogP contribution is 2.16. The lowest BCUT2D eigenvalue weighted by atomic mass is 10.2. The minimum atomic E-state index is 0.0427. The predicted molar refractivity (Wildman–Crippen MR) is 79.0 cm³/mol. The summed E-state index contributed by atoms with van der Waals surface area (Å²) in [6.45, 7) is 3.67. The van der Waals surface area contributed by atoms with E-state index < -0.39 is 0 Å². The summed E-state index contributed by atoms with van der Waals surface area (Å²) in [7, 11) is 0. The van der Waals surface area contributed by atoms with Crippen molar-refractivity contribution in [2.75, 3.05) is 5.32 Å². The van der Waals surface area contributed by atoms with E-state index in [-0.39, 0.29) is 5.91 Å². The molecule has 1 aromatic heterocycles. The van der Waals surface area contributed by atoms with Crippen molar-refractivity contribution in [2.45, 2.75) is 25.7 Å². The minimum absolute atomic E-state index is 0.0427. The summed E-state index contributed by atoms with van der Waals surface area (Å²) in [6.07, 6.45) is 6.98. The molecule has 0 atom stereocenters. The van der Waals surface area contributed by atoms with Crippen LogP contribution in [0.3, 0.4) is 0 Å². The second-order valence-corrected chi connectivity index (χ2v) is 4.50. The van der Waals surface area contributed by atoms with Crippen molar-refractivity contribution in [3.8, 4) is 0 Å². The molecule has 1 amide bonds. The van der Waals surface area contributed by atoms with E-state index in [2.05, 4.69) is 16.9 Å². The number of anilines is 1. The lowest BCUT2D eigenvalue weighted by molar-refractivity contribution is -0.116. The zero-order valence-corrected chi connectivity index (χ0v) is 10.9. The third-order valence-electron chi connectivity index (χ3n) is 2.94. The van der Waals surface area contributed by atoms with Gasteiger partial charge in [0.25, 0.3) is 0 Å². The van der Waals surface area contributed by atoms with Crippen LogP contribution in [0.2, 0.25) is 0 Å². The standard InChI is InChI=1S/C16H18N2O/c1-2-3-4-5-10-16(19)18-14-11-13-8-6-7-9-15(13)17-12-14/h2,6-9,11-12H,1,3-5,10H2,(H,18,19). The minimum Gasteiger partial charge on any atom is -0.325 e. The lowest BCUT2D eigenvalue weighted by Crippen LogP contribution is -2.11. The quantitative estimate of drug-likeness (QED) is 0.627. The summed E-state index contributed by atoms with van der Waals surface area (Å²) in [6, 6.07) is 9.81. The van der Waals surface area contributed by atoms with E-state index in [1.165, 1.54) is 0 Å². The highest BCUT2D eigenvalue weighted by molar-refractivity contribution is 5.93. The van der Waals surface area contributed by atoms with E-state index in [1.807, 2.05) is 36.4 Å². The van der Waals surface area contributed by atoms with Crippen LogP contribution in [0.4, 0.5) is 5.69 Å². The van der Waals surface area contributed by atoms with Crippen molar-refractivity contribution in [2.24, 2.45) is 0 Å². The van der Waals surface area contributed by atoms with Gasteiger partial charge in [0.2, 0.25) is 5.91 Å². The summed E-state index contributed by atoms with van der Waals surface area (Å²) < 4.78 is 0. The molecule has 98 valence electrons. The number of aromatic nitrogens is 1. The molecule has 0 saturated heterocycles. The Hall–Kier alpha value is -2.16. The number of hydrogen-bond acceptors (Lipinski definition) is 2. The first-order valence-corrected chi connectivity index (χ1v) is 6.55. The molecule has 0 saturated carbocycles. The largest absolute Gasteiger partial charge is 0.325 e. The molecule has 1 heterocycles. The number of rotatable bonds is 6. The molecule has 0 bridgehead atoms. The Bertz CT molecular complexity index is 578. The molecule has 0 aliphatic heterocycles. The second kappa shape index (κ2) is 6.69. The molecular weight excluding hydrogens is 236 g/mol. The third kappa shape index (κ3) is 3.91. The average Bonchev–Trinajstić information content (AvgIpc) is 2.43. The van der Waals surface area contributed by atoms with Gasteiger partial charge in [-0.2, -0.15) is 0 Å². The van der Waals surface area contributed by atoms with Crippen molar-refractivity contribution in [1.29, 1.82) is 0 Å². The van der Waals surface area contributed by atoms with E-state index in [1.54, 1.807) is 6.20 Å². The molecule has 2 aromatic rings. The lowest BCUT2D eigenvalue weighted by Gasteiger charge is -2.05. The van der Waals surface area contributed by atoms with Crippen molar-refractivity contribution in [3.05, 3.63) is 49.2 Å². The average molecular weight is 254 g/mol. The van der Waals surface area contributed by atoms with Crippen molar-refractivity contribution in [1.82, 2.24) is 4.98 Å². The van der Waals surface area contributed by atoms with Crippen LogP contribution < -0.4 is 5.32 Å². The number of carbonyl (C=O) groups excluding carboxylic acids is 1. The normalized spacial score (nSPS) is 10.3. The summed E-state index contributed by atoms with van der Waals surface area (Å²) in [5.41, 5.74) is 1.69. The van der Waals surface area contributed by atoms with Gasteiger partial charge in [-0.1, -0.05) is 24.3 Å². The molecule has 0 aliphatic rings. The SMILES string of the molecule is C=CCCCCC(=O)Nc1cnc2ccccc2c1. The first-order chi connectivity index (χ1) is 9.29. The van der Waals surface area contributed by atoms with Crippen LogP contribution in [0.25, 0.3) is 10.9 Å². The molecule has 0 unspecified atom stereocenters. The molecule has 1 aromatic carbocycles. The maximum Gasteiger partial charge on any atom is 0.224 e. The number of hydrogen-bond donors (Lipinski definition) is 1. The number of allylic oxidation sites excluding steroid dienone is 1. The highest BCUT2D eigenvalue weighted by atomic mass is 16.1. The van der Waals surface area contributed by atoms with Crippen molar-refractivity contribution >= 4 is 22.5 Å². The van der Waals surface area contributed by atoms with Gasteiger partial charge in [0.15, 0.2) is 0 Å². The molecule has 0 radical (unpaired) electrons. The van der Waals surface area contributed by atoms with Gasteiger partial charge < -0.3 is 5.32 Å². The molecule has 19 heavy (non-hydrogen) atoms. The van der Waals surface area contributed by atoms with E-state index in [9.17, 15) is 4.79 Å². The van der Waals surface area contributed by atoms with Gasteiger partial charge in [-0.05, 0) is 31.4 Å². The molecule has 0 aliphatic carbocycles. The molecule has 3 heteroatoms. The molecule has 0 fully saturated rings. The molecule has 0 spiro atoms. The third-order valence-corrected chi connectivity index (χ3v) is 2.94. The number of para-hydroxylation sites is 1. The summed E-state index contributed by atoms with van der Waals surface area (Å²) >= 11 is 0. The molecule has 3 nitrogen and oxygen atoms in total. The number of fused-ring (bicyclic) bond motifs is 1. The fourth-order valence-corrected chi connectivity index (χ4v) is 1.94. The Morgan fingerprint density at radius 3 is 3.00 bits per heavy atom. The summed E-state index contributed by atoms with van der Waals surface area (Å²) in [5.74, 6) is 0.0427. The van der Waals surface area contributed by atoms with Gasteiger partial charge >= 0.3 is 0 Å². The van der Waals surface area contributed by atoms with E-state index in [4.69, 9.17) is 0 Å². The smallest absolute Gasteiger partial charge is 0.224 e. The van der Waals surface area contributed by atoms with E-state index >= 15 is 0 Å². The topological polar surface area (TPSA) is 42.0 Å². The van der Waals surface area contributed by atoms with Gasteiger partial charge in [0.1, 0.15) is 0 Å². The monoisotopic (exact) mass is 254 g/mol. The Morgan fingerprint density at radius 2 is 2.16 bits per heavy atom. The number of benzene rings is 1. The van der Waals surface area contributed by atoms with Crippen LogP contribution in [0.1, 0.15) is 25.7 Å². The number of carbonyl (C=O) groups is 1. The van der Waals surface area contributed by atoms with Gasteiger partial charge in [-0.3, -0.25) is 9.78 Å². The van der Waals surface area contributed by atoms with Gasteiger partial charge in [0, 0.05) is 11.8 Å². The Morgan fingerprint density at radius 1 is 1.32 bits per heavy atom. The number of amides is 1. The van der Waals surface area contributed by atoms with Crippen molar-refractivity contribution < 1.29 is 4.79 Å². The maximum absolute atomic E-state index is 11.7. The summed E-state index contributed by atoms with van der Waals surface area (Å²) in [5, 5.41) is 3.92. The zero-order valence-electron chi connectivity index (χ0n) is 10.9. The van der Waals surface area contributed by atoms with Crippen LogP contribution >= 0.6 is 0 Å². The molecule has 2 rings (SSSR count). The summed E-state index contributed by atoms with van der Waals surface area (Å²) in [4.78, 5) is 16.1. The fraction of sp³-hybridized carbons (Fsp3) is 0.250. The van der Waals surface area contributed by atoms with Gasteiger partial charge in [0.05, 0.1) is 17.4 Å². The number of nitrogens with one attached hydrogen (secondary N) is 1. The van der Waals surface area contributed by atoms with E-state index in [0.717, 1.165) is 35.9 Å². The fourth-order valence-electron chi connectivity index (χ4n) is 1.94. The Kier molecular flexibility index (Phi) is 4.67. The van der Waals surface area contributed by atoms with Crippen LogP contribution in [-0.4, -0.2) is 10.9 Å². The highest BCUT2D eigenvalue weighted by Gasteiger charge is 2.03. The zero-order chi connectivity index (χ0) is 13.5. The number of nitrogens with zero attached hydrogens (tertiary/aromatic N) is 1. The molecule has 1 N–H and O–H groups in total. The maximum atomic E-state index is 11.7. The van der Waals surface area contributed by atoms with Crippen LogP contribution in [0.5, 0.6) is 0 Å². The Balaban J connectivity index is 1.93. The van der Waals surface area contributed by atoms with Crippen LogP contribution in [-0.2, 0) is 4.79 Å². The predicted octanol–water partition coefficient (Wildman–Crippen LogP) is 3.92. The molecular formula is C16H18N2O. The van der Waals surface area contributed by atoms with Crippen LogP contribution in [0.15, 0.2) is 49.2 Å².